The first-order valence-electron chi connectivity index (χ1n) is 5.72. The lowest BCUT2D eigenvalue weighted by Crippen LogP contribution is -2.38. The molecule has 1 rings (SSSR count). The van der Waals surface area contributed by atoms with Crippen molar-refractivity contribution in [2.45, 2.75) is 26.3 Å². The van der Waals surface area contributed by atoms with E-state index in [1.165, 1.54) is 12.1 Å². The summed E-state index contributed by atoms with van der Waals surface area (Å²) in [5, 5.41) is 16.9. The maximum atomic E-state index is 12.9. The third-order valence-corrected chi connectivity index (χ3v) is 2.25. The average Bonchev–Trinajstić information content (AvgIpc) is 2.24. The summed E-state index contributed by atoms with van der Waals surface area (Å²) >= 11 is 0. The summed E-state index contributed by atoms with van der Waals surface area (Å²) in [5.41, 5.74) is 0.0824. The molecular formula is C12H18FN3O2. The maximum Gasteiger partial charge on any atom is 0.295 e. The minimum absolute atomic E-state index is 0.00356. The number of hydrogen-bond donors (Lipinski definition) is 2. The Hall–Kier alpha value is -1.69. The summed E-state index contributed by atoms with van der Waals surface area (Å²) in [6.07, 6.45) is 0. The summed E-state index contributed by atoms with van der Waals surface area (Å²) < 4.78 is 12.9. The first kappa shape index (κ1) is 14.4. The van der Waals surface area contributed by atoms with Crippen LogP contribution in [0.15, 0.2) is 18.2 Å². The van der Waals surface area contributed by atoms with Crippen molar-refractivity contribution in [3.8, 4) is 0 Å². The minimum Gasteiger partial charge on any atom is -0.378 e. The fourth-order valence-corrected chi connectivity index (χ4v) is 1.44. The van der Waals surface area contributed by atoms with Gasteiger partial charge < -0.3 is 10.6 Å². The molecule has 2 N–H and O–H groups in total. The van der Waals surface area contributed by atoms with E-state index in [-0.39, 0.29) is 11.2 Å². The molecule has 0 spiro atoms. The third-order valence-electron chi connectivity index (χ3n) is 2.25. The van der Waals surface area contributed by atoms with Crippen LogP contribution in [-0.2, 0) is 0 Å². The summed E-state index contributed by atoms with van der Waals surface area (Å²) in [5.74, 6) is -0.611. The first-order valence-corrected chi connectivity index (χ1v) is 5.72. The first-order chi connectivity index (χ1) is 8.29. The zero-order chi connectivity index (χ0) is 13.8. The van der Waals surface area contributed by atoms with E-state index in [1.807, 2.05) is 20.8 Å². The second kappa shape index (κ2) is 5.77. The van der Waals surface area contributed by atoms with Crippen LogP contribution in [0.3, 0.4) is 0 Å². The van der Waals surface area contributed by atoms with Crippen molar-refractivity contribution in [2.24, 2.45) is 0 Å². The molecule has 0 aliphatic carbocycles. The Bertz CT molecular complexity index is 430. The smallest absolute Gasteiger partial charge is 0.295 e. The Morgan fingerprint density at radius 1 is 1.33 bits per heavy atom. The predicted octanol–water partition coefficient (Wildman–Crippen LogP) is 2.53. The highest BCUT2D eigenvalue weighted by Crippen LogP contribution is 2.24. The molecule has 0 aliphatic heterocycles. The molecule has 6 heteroatoms. The molecule has 0 aromatic heterocycles. The van der Waals surface area contributed by atoms with Crippen LogP contribution in [0.5, 0.6) is 0 Å². The number of rotatable bonds is 5. The van der Waals surface area contributed by atoms with Crippen LogP contribution in [0.2, 0.25) is 0 Å². The van der Waals surface area contributed by atoms with E-state index in [4.69, 9.17) is 0 Å². The largest absolute Gasteiger partial charge is 0.378 e. The standard InChI is InChI=1S/C12H18FN3O2/c1-12(2,3)15-7-6-14-10-5-4-9(13)8-11(10)16(17)18/h4-5,8,14-15H,6-7H2,1-3H3. The van der Waals surface area contributed by atoms with Crippen molar-refractivity contribution in [1.82, 2.24) is 5.32 Å². The zero-order valence-corrected chi connectivity index (χ0v) is 10.8. The Kier molecular flexibility index (Phi) is 4.61. The monoisotopic (exact) mass is 255 g/mol. The SMILES string of the molecule is CC(C)(C)NCCNc1ccc(F)cc1[N+](=O)[O-]. The van der Waals surface area contributed by atoms with Gasteiger partial charge in [-0.2, -0.15) is 0 Å². The van der Waals surface area contributed by atoms with E-state index < -0.39 is 10.7 Å². The second-order valence-electron chi connectivity index (χ2n) is 5.02. The fraction of sp³-hybridized carbons (Fsp3) is 0.500. The van der Waals surface area contributed by atoms with Crippen LogP contribution in [0.4, 0.5) is 15.8 Å². The van der Waals surface area contributed by atoms with Crippen LogP contribution in [-0.4, -0.2) is 23.6 Å². The van der Waals surface area contributed by atoms with Gasteiger partial charge in [0, 0.05) is 18.6 Å². The van der Waals surface area contributed by atoms with Gasteiger partial charge in [-0.15, -0.1) is 0 Å². The highest BCUT2D eigenvalue weighted by atomic mass is 19.1. The average molecular weight is 255 g/mol. The molecule has 0 bridgehead atoms. The number of nitro benzene ring substituents is 1. The molecule has 1 aromatic carbocycles. The van der Waals surface area contributed by atoms with Crippen molar-refractivity contribution in [3.05, 3.63) is 34.1 Å². The van der Waals surface area contributed by atoms with Gasteiger partial charge in [0.2, 0.25) is 0 Å². The van der Waals surface area contributed by atoms with Gasteiger partial charge in [0.25, 0.3) is 5.69 Å². The lowest BCUT2D eigenvalue weighted by molar-refractivity contribution is -0.384. The van der Waals surface area contributed by atoms with E-state index in [0.717, 1.165) is 6.07 Å². The van der Waals surface area contributed by atoms with Gasteiger partial charge in [-0.1, -0.05) is 0 Å². The van der Waals surface area contributed by atoms with Crippen LogP contribution in [0.25, 0.3) is 0 Å². The number of nitro groups is 1. The summed E-state index contributed by atoms with van der Waals surface area (Å²) in [7, 11) is 0. The van der Waals surface area contributed by atoms with Gasteiger partial charge in [0.15, 0.2) is 0 Å². The number of benzene rings is 1. The summed E-state index contributed by atoms with van der Waals surface area (Å²) in [6.45, 7) is 7.30. The Morgan fingerprint density at radius 3 is 2.56 bits per heavy atom. The zero-order valence-electron chi connectivity index (χ0n) is 10.8. The van der Waals surface area contributed by atoms with E-state index in [1.54, 1.807) is 0 Å². The quantitative estimate of drug-likeness (QED) is 0.482. The molecule has 100 valence electrons. The number of nitrogens with one attached hydrogen (secondary N) is 2. The van der Waals surface area contributed by atoms with Gasteiger partial charge in [-0.3, -0.25) is 10.1 Å². The van der Waals surface area contributed by atoms with Crippen molar-refractivity contribution in [3.63, 3.8) is 0 Å². The number of halogens is 1. The molecule has 0 saturated heterocycles. The van der Waals surface area contributed by atoms with Crippen molar-refractivity contribution < 1.29 is 9.31 Å². The van der Waals surface area contributed by atoms with Gasteiger partial charge >= 0.3 is 0 Å². The Labute approximate surface area is 106 Å². The highest BCUT2D eigenvalue weighted by Gasteiger charge is 2.14. The molecular weight excluding hydrogens is 237 g/mol. The number of anilines is 1. The molecule has 0 unspecified atom stereocenters. The van der Waals surface area contributed by atoms with Gasteiger partial charge in [0.05, 0.1) is 11.0 Å². The van der Waals surface area contributed by atoms with Crippen molar-refractivity contribution in [1.29, 1.82) is 0 Å². The van der Waals surface area contributed by atoms with E-state index in [2.05, 4.69) is 10.6 Å². The van der Waals surface area contributed by atoms with Crippen LogP contribution in [0.1, 0.15) is 20.8 Å². The molecule has 0 heterocycles. The van der Waals surface area contributed by atoms with E-state index in [0.29, 0.717) is 18.8 Å². The summed E-state index contributed by atoms with van der Waals surface area (Å²) in [4.78, 5) is 10.2. The molecule has 0 fully saturated rings. The molecule has 0 atom stereocenters. The lowest BCUT2D eigenvalue weighted by atomic mass is 10.1. The fourth-order valence-electron chi connectivity index (χ4n) is 1.44. The highest BCUT2D eigenvalue weighted by molar-refractivity contribution is 5.61. The van der Waals surface area contributed by atoms with E-state index >= 15 is 0 Å². The number of hydrogen-bond acceptors (Lipinski definition) is 4. The Morgan fingerprint density at radius 2 is 2.00 bits per heavy atom. The molecule has 1 aromatic rings. The van der Waals surface area contributed by atoms with Crippen molar-refractivity contribution in [2.75, 3.05) is 18.4 Å². The maximum absolute atomic E-state index is 12.9. The van der Waals surface area contributed by atoms with Gasteiger partial charge in [-0.05, 0) is 32.9 Å². The molecule has 0 saturated carbocycles. The van der Waals surface area contributed by atoms with Crippen LogP contribution in [0, 0.1) is 15.9 Å². The van der Waals surface area contributed by atoms with Crippen LogP contribution >= 0.6 is 0 Å². The molecule has 5 nitrogen and oxygen atoms in total. The topological polar surface area (TPSA) is 67.2 Å². The predicted molar refractivity (Wildman–Crippen MR) is 69.3 cm³/mol. The van der Waals surface area contributed by atoms with Gasteiger partial charge in [-0.25, -0.2) is 4.39 Å². The van der Waals surface area contributed by atoms with Crippen LogP contribution < -0.4 is 10.6 Å². The lowest BCUT2D eigenvalue weighted by Gasteiger charge is -2.20. The second-order valence-corrected chi connectivity index (χ2v) is 5.02. The molecule has 0 aliphatic rings. The van der Waals surface area contributed by atoms with Crippen molar-refractivity contribution >= 4 is 11.4 Å². The number of nitrogens with zero attached hydrogens (tertiary/aromatic N) is 1. The normalized spacial score (nSPS) is 11.3. The third kappa shape index (κ3) is 4.67. The molecule has 0 amide bonds. The molecule has 18 heavy (non-hydrogen) atoms. The minimum atomic E-state index is -0.611. The Balaban J connectivity index is 2.59. The van der Waals surface area contributed by atoms with E-state index in [9.17, 15) is 14.5 Å². The summed E-state index contributed by atoms with van der Waals surface area (Å²) in [6, 6.07) is 3.50. The van der Waals surface area contributed by atoms with Gasteiger partial charge in [0.1, 0.15) is 11.5 Å². The molecule has 0 radical (unpaired) electrons.